The van der Waals surface area contributed by atoms with E-state index >= 15 is 0 Å². The second-order valence-corrected chi connectivity index (χ2v) is 9.08. The van der Waals surface area contributed by atoms with Gasteiger partial charge in [-0.05, 0) is 29.7 Å². The van der Waals surface area contributed by atoms with Crippen LogP contribution in [-0.4, -0.2) is 66.7 Å². The van der Waals surface area contributed by atoms with Crippen molar-refractivity contribution in [2.45, 2.75) is 18.8 Å². The Morgan fingerprint density at radius 1 is 0.971 bits per heavy atom. The minimum absolute atomic E-state index is 0.0364. The molecule has 0 atom stereocenters. The van der Waals surface area contributed by atoms with E-state index in [1.165, 1.54) is 0 Å². The van der Waals surface area contributed by atoms with E-state index in [0.717, 1.165) is 25.2 Å². The summed E-state index contributed by atoms with van der Waals surface area (Å²) in [5.41, 5.74) is 1.99. The number of carbonyl (C=O) groups is 3. The molecular formula is C26H29ClN4O3. The van der Waals surface area contributed by atoms with Crippen molar-refractivity contribution < 1.29 is 14.4 Å². The Bertz CT molecular complexity index is 1040. The molecule has 0 aromatic heterocycles. The number of amides is 2. The summed E-state index contributed by atoms with van der Waals surface area (Å²) in [4.78, 5) is 41.6. The van der Waals surface area contributed by atoms with Crippen LogP contribution < -0.4 is 10.6 Å². The van der Waals surface area contributed by atoms with Crippen LogP contribution in [0, 0.1) is 0 Å². The topological polar surface area (TPSA) is 81.8 Å². The fourth-order valence-corrected chi connectivity index (χ4v) is 4.55. The van der Waals surface area contributed by atoms with Gasteiger partial charge < -0.3 is 15.5 Å². The molecule has 34 heavy (non-hydrogen) atoms. The average Bonchev–Trinajstić information content (AvgIpc) is 2.84. The highest BCUT2D eigenvalue weighted by molar-refractivity contribution is 6.30. The molecule has 0 bridgehead atoms. The smallest absolute Gasteiger partial charge is 0.321 e. The SMILES string of the molecule is O=C1CC(c2ccccc2)CC(=O)C1=CNCCN1CCN(C(=O)Nc2cccc(Cl)c2)CC1. The van der Waals surface area contributed by atoms with Gasteiger partial charge in [-0.1, -0.05) is 48.0 Å². The van der Waals surface area contributed by atoms with Crippen LogP contribution in [0.2, 0.25) is 5.02 Å². The summed E-state index contributed by atoms with van der Waals surface area (Å²) >= 11 is 5.97. The number of Topliss-reactive ketones (excluding diaryl/α,β-unsaturated/α-hetero) is 2. The highest BCUT2D eigenvalue weighted by Gasteiger charge is 2.31. The monoisotopic (exact) mass is 480 g/mol. The van der Waals surface area contributed by atoms with Gasteiger partial charge in [0.1, 0.15) is 0 Å². The lowest BCUT2D eigenvalue weighted by Gasteiger charge is -2.34. The molecule has 8 heteroatoms. The van der Waals surface area contributed by atoms with Crippen LogP contribution in [-0.2, 0) is 9.59 Å². The predicted molar refractivity (Wildman–Crippen MR) is 133 cm³/mol. The molecule has 0 spiro atoms. The van der Waals surface area contributed by atoms with Gasteiger partial charge in [-0.15, -0.1) is 0 Å². The molecule has 2 aromatic rings. The van der Waals surface area contributed by atoms with Crippen molar-refractivity contribution in [1.82, 2.24) is 15.1 Å². The lowest BCUT2D eigenvalue weighted by molar-refractivity contribution is -0.124. The molecule has 2 N–H and O–H groups in total. The largest absolute Gasteiger partial charge is 0.389 e. The van der Waals surface area contributed by atoms with Gasteiger partial charge >= 0.3 is 6.03 Å². The molecule has 4 rings (SSSR count). The Kier molecular flexibility index (Phi) is 7.98. The number of benzene rings is 2. The molecule has 2 aromatic carbocycles. The maximum atomic E-state index is 12.5. The Balaban J connectivity index is 1.18. The molecule has 1 aliphatic carbocycles. The number of hydrogen-bond acceptors (Lipinski definition) is 5. The number of nitrogens with one attached hydrogen (secondary N) is 2. The van der Waals surface area contributed by atoms with Gasteiger partial charge in [-0.25, -0.2) is 4.79 Å². The normalized spacial score (nSPS) is 19.1. The molecule has 0 radical (unpaired) electrons. The van der Waals surface area contributed by atoms with Crippen LogP contribution in [0.5, 0.6) is 0 Å². The first-order chi connectivity index (χ1) is 16.5. The summed E-state index contributed by atoms with van der Waals surface area (Å²) in [5, 5.41) is 6.60. The maximum absolute atomic E-state index is 12.5. The number of nitrogens with zero attached hydrogens (tertiary/aromatic N) is 2. The van der Waals surface area contributed by atoms with Gasteiger partial charge in [-0.2, -0.15) is 0 Å². The number of piperazine rings is 1. The summed E-state index contributed by atoms with van der Waals surface area (Å²) < 4.78 is 0. The number of ketones is 2. The van der Waals surface area contributed by atoms with Gasteiger partial charge in [0.15, 0.2) is 11.6 Å². The van der Waals surface area contributed by atoms with Crippen molar-refractivity contribution in [2.24, 2.45) is 0 Å². The maximum Gasteiger partial charge on any atom is 0.321 e. The average molecular weight is 481 g/mol. The standard InChI is InChI=1S/C26H29ClN4O3/c27-21-7-4-8-22(17-21)29-26(34)31-13-11-30(12-14-31)10-9-28-18-23-24(32)15-20(16-25(23)33)19-5-2-1-3-6-19/h1-8,17-18,20,28H,9-16H2,(H,29,34). The number of hydrogen-bond donors (Lipinski definition) is 2. The molecule has 1 heterocycles. The zero-order chi connectivity index (χ0) is 23.9. The van der Waals surface area contributed by atoms with Crippen molar-refractivity contribution >= 4 is 34.9 Å². The molecule has 2 fully saturated rings. The number of urea groups is 1. The van der Waals surface area contributed by atoms with E-state index in [4.69, 9.17) is 11.6 Å². The number of anilines is 1. The van der Waals surface area contributed by atoms with Gasteiger partial charge in [0.2, 0.25) is 0 Å². The quantitative estimate of drug-likeness (QED) is 0.374. The zero-order valence-electron chi connectivity index (χ0n) is 19.0. The fourth-order valence-electron chi connectivity index (χ4n) is 4.36. The van der Waals surface area contributed by atoms with Gasteiger partial charge in [0, 0.05) is 69.0 Å². The summed E-state index contributed by atoms with van der Waals surface area (Å²) in [6.07, 6.45) is 2.31. The Morgan fingerprint density at radius 2 is 1.68 bits per heavy atom. The molecule has 1 saturated carbocycles. The number of rotatable bonds is 6. The lowest BCUT2D eigenvalue weighted by atomic mass is 9.80. The highest BCUT2D eigenvalue weighted by atomic mass is 35.5. The fraction of sp³-hybridized carbons (Fsp3) is 0.346. The van der Waals surface area contributed by atoms with Crippen LogP contribution in [0.25, 0.3) is 0 Å². The summed E-state index contributed by atoms with van der Waals surface area (Å²) in [7, 11) is 0. The van der Waals surface area contributed by atoms with Gasteiger partial charge in [0.05, 0.1) is 5.57 Å². The first-order valence-electron chi connectivity index (χ1n) is 11.6. The first kappa shape index (κ1) is 24.0. The summed E-state index contributed by atoms with van der Waals surface area (Å²) in [5.74, 6) is -0.236. The molecule has 178 valence electrons. The molecule has 1 aliphatic heterocycles. The highest BCUT2D eigenvalue weighted by Crippen LogP contribution is 2.31. The van der Waals surface area contributed by atoms with Crippen molar-refractivity contribution in [2.75, 3.05) is 44.6 Å². The second-order valence-electron chi connectivity index (χ2n) is 8.64. The molecular weight excluding hydrogens is 452 g/mol. The second kappa shape index (κ2) is 11.3. The van der Waals surface area contributed by atoms with Crippen LogP contribution in [0.1, 0.15) is 24.3 Å². The predicted octanol–water partition coefficient (Wildman–Crippen LogP) is 3.68. The Morgan fingerprint density at radius 3 is 2.35 bits per heavy atom. The van der Waals surface area contributed by atoms with Crippen molar-refractivity contribution in [3.05, 3.63) is 77.0 Å². The minimum atomic E-state index is -0.132. The molecule has 1 saturated heterocycles. The van der Waals surface area contributed by atoms with E-state index in [1.807, 2.05) is 36.4 Å². The zero-order valence-corrected chi connectivity index (χ0v) is 19.8. The van der Waals surface area contributed by atoms with E-state index < -0.39 is 0 Å². The van der Waals surface area contributed by atoms with Crippen LogP contribution in [0.4, 0.5) is 10.5 Å². The van der Waals surface area contributed by atoms with E-state index in [-0.39, 0.29) is 29.1 Å². The third-order valence-electron chi connectivity index (χ3n) is 6.29. The van der Waals surface area contributed by atoms with E-state index in [2.05, 4.69) is 15.5 Å². The molecule has 2 amide bonds. The van der Waals surface area contributed by atoms with E-state index in [9.17, 15) is 14.4 Å². The van der Waals surface area contributed by atoms with E-state index in [1.54, 1.807) is 29.3 Å². The molecule has 7 nitrogen and oxygen atoms in total. The Labute approximate surface area is 204 Å². The van der Waals surface area contributed by atoms with E-state index in [0.29, 0.717) is 43.2 Å². The van der Waals surface area contributed by atoms with Crippen molar-refractivity contribution in [1.29, 1.82) is 0 Å². The van der Waals surface area contributed by atoms with Crippen molar-refractivity contribution in [3.8, 4) is 0 Å². The number of allylic oxidation sites excluding steroid dienone is 1. The summed E-state index contributed by atoms with van der Waals surface area (Å²) in [6, 6.07) is 16.7. The number of halogens is 1. The van der Waals surface area contributed by atoms with Gasteiger partial charge in [0.25, 0.3) is 0 Å². The number of carbonyl (C=O) groups excluding carboxylic acids is 3. The minimum Gasteiger partial charge on any atom is -0.389 e. The van der Waals surface area contributed by atoms with Crippen molar-refractivity contribution in [3.63, 3.8) is 0 Å². The Hall–Kier alpha value is -3.16. The third kappa shape index (κ3) is 6.24. The summed E-state index contributed by atoms with van der Waals surface area (Å²) in [6.45, 7) is 4.18. The van der Waals surface area contributed by atoms with Gasteiger partial charge in [-0.3, -0.25) is 14.5 Å². The van der Waals surface area contributed by atoms with Crippen LogP contribution in [0.3, 0.4) is 0 Å². The van der Waals surface area contributed by atoms with Crippen LogP contribution >= 0.6 is 11.6 Å². The first-order valence-corrected chi connectivity index (χ1v) is 12.0. The van der Waals surface area contributed by atoms with Crippen LogP contribution in [0.15, 0.2) is 66.4 Å². The lowest BCUT2D eigenvalue weighted by Crippen LogP contribution is -2.51. The molecule has 0 unspecified atom stereocenters. The molecule has 2 aliphatic rings. The third-order valence-corrected chi connectivity index (χ3v) is 6.52.